The number of ether oxygens (including phenoxy) is 2. The Morgan fingerprint density at radius 2 is 1.89 bits per heavy atom. The quantitative estimate of drug-likeness (QED) is 0.398. The number of amides is 1. The van der Waals surface area contributed by atoms with Crippen molar-refractivity contribution in [2.24, 2.45) is 0 Å². The van der Waals surface area contributed by atoms with Gasteiger partial charge in [-0.3, -0.25) is 14.2 Å². The first-order valence-corrected chi connectivity index (χ1v) is 12.3. The summed E-state index contributed by atoms with van der Waals surface area (Å²) in [6.07, 6.45) is 2.12. The Morgan fingerprint density at radius 1 is 1.19 bits per heavy atom. The summed E-state index contributed by atoms with van der Waals surface area (Å²) in [5.74, 6) is -1.45. The molecule has 192 valence electrons. The minimum Gasteiger partial charge on any atom is -0.545 e. The molecule has 9 nitrogen and oxygen atoms in total. The summed E-state index contributed by atoms with van der Waals surface area (Å²) >= 11 is 1.04. The molecule has 0 radical (unpaired) electrons. The smallest absolute Gasteiger partial charge is 0.269 e. The van der Waals surface area contributed by atoms with E-state index in [9.17, 15) is 24.8 Å². The minimum absolute atomic E-state index is 0.0466. The Balaban J connectivity index is 2.12. The Labute approximate surface area is 217 Å². The van der Waals surface area contributed by atoms with E-state index < -0.39 is 11.9 Å². The van der Waals surface area contributed by atoms with Crippen molar-refractivity contribution >= 4 is 40.5 Å². The molecule has 3 aromatic rings. The Kier molecular flexibility index (Phi) is 9.38. The van der Waals surface area contributed by atoms with Crippen LogP contribution in [0.3, 0.4) is 0 Å². The molecule has 0 saturated carbocycles. The molecule has 0 bridgehead atoms. The molecule has 0 saturated heterocycles. The van der Waals surface area contributed by atoms with Gasteiger partial charge in [-0.15, -0.1) is 11.3 Å². The topological polar surface area (TPSA) is 133 Å². The van der Waals surface area contributed by atoms with E-state index in [0.29, 0.717) is 34.6 Å². The van der Waals surface area contributed by atoms with Crippen molar-refractivity contribution < 1.29 is 24.2 Å². The lowest BCUT2D eigenvalue weighted by atomic mass is 10.2. The van der Waals surface area contributed by atoms with Crippen LogP contribution in [0.4, 0.5) is 5.69 Å². The maximum atomic E-state index is 13.4. The summed E-state index contributed by atoms with van der Waals surface area (Å²) in [7, 11) is 1.55. The number of hydrogen-bond acceptors (Lipinski definition) is 8. The SMILES string of the molecule is COCCCn1c(=O)/c(=C\c2ccccc2OC(C)C)s/c1=C(/C#N)C(=O)Nc1ccc(C(=O)[O-])cc1. The maximum Gasteiger partial charge on any atom is 0.269 e. The van der Waals surface area contributed by atoms with Crippen LogP contribution in [0.2, 0.25) is 0 Å². The lowest BCUT2D eigenvalue weighted by molar-refractivity contribution is -0.255. The summed E-state index contributed by atoms with van der Waals surface area (Å²) in [5.41, 5.74) is 0.360. The number of aromatic nitrogens is 1. The highest BCUT2D eigenvalue weighted by Gasteiger charge is 2.17. The van der Waals surface area contributed by atoms with E-state index in [1.165, 1.54) is 28.8 Å². The van der Waals surface area contributed by atoms with E-state index in [1.54, 1.807) is 13.2 Å². The third kappa shape index (κ3) is 6.94. The largest absolute Gasteiger partial charge is 0.545 e. The number of carboxylic acids is 1. The van der Waals surface area contributed by atoms with Crippen LogP contribution in [0.5, 0.6) is 5.75 Å². The third-order valence-electron chi connectivity index (χ3n) is 5.14. The normalized spacial score (nSPS) is 12.2. The number of aromatic carboxylic acids is 1. The first-order chi connectivity index (χ1) is 17.7. The van der Waals surface area contributed by atoms with E-state index in [0.717, 1.165) is 11.3 Å². The van der Waals surface area contributed by atoms with Crippen LogP contribution in [0, 0.1) is 11.3 Å². The van der Waals surface area contributed by atoms with E-state index in [-0.39, 0.29) is 34.0 Å². The second-order valence-corrected chi connectivity index (χ2v) is 9.26. The maximum absolute atomic E-state index is 13.4. The van der Waals surface area contributed by atoms with Gasteiger partial charge in [-0.05, 0) is 50.1 Å². The first-order valence-electron chi connectivity index (χ1n) is 11.5. The van der Waals surface area contributed by atoms with Crippen LogP contribution in [-0.4, -0.2) is 36.3 Å². The summed E-state index contributed by atoms with van der Waals surface area (Å²) in [4.78, 5) is 37.4. The summed E-state index contributed by atoms with van der Waals surface area (Å²) in [5, 5.41) is 23.4. The molecule has 1 N–H and O–H groups in total. The molecule has 0 aliphatic rings. The van der Waals surface area contributed by atoms with Gasteiger partial charge >= 0.3 is 0 Å². The summed E-state index contributed by atoms with van der Waals surface area (Å²) < 4.78 is 12.9. The van der Waals surface area contributed by atoms with Crippen LogP contribution < -0.4 is 29.9 Å². The van der Waals surface area contributed by atoms with Crippen molar-refractivity contribution in [1.29, 1.82) is 5.26 Å². The standard InChI is InChI=1S/C27H27N3O6S/c1-17(2)36-22-8-5-4-7-19(22)15-23-25(32)30(13-6-14-35-3)26(37-23)21(16-28)24(31)29-20-11-9-18(10-12-20)27(33)34/h4-5,7-12,15,17H,6,13-14H2,1-3H3,(H,29,31)(H,33,34)/p-1/b23-15+,26-21-. The monoisotopic (exact) mass is 520 g/mol. The van der Waals surface area contributed by atoms with Gasteiger partial charge in [0, 0.05) is 31.5 Å². The zero-order valence-electron chi connectivity index (χ0n) is 20.6. The molecule has 2 aromatic carbocycles. The van der Waals surface area contributed by atoms with E-state index in [4.69, 9.17) is 9.47 Å². The number of carbonyl (C=O) groups excluding carboxylic acids is 2. The number of anilines is 1. The number of nitriles is 1. The van der Waals surface area contributed by atoms with Gasteiger partial charge in [0.05, 0.1) is 16.6 Å². The third-order valence-corrected chi connectivity index (χ3v) is 6.27. The van der Waals surface area contributed by atoms with E-state index in [1.807, 2.05) is 44.2 Å². The second-order valence-electron chi connectivity index (χ2n) is 8.23. The van der Waals surface area contributed by atoms with Crippen molar-refractivity contribution in [3.8, 4) is 11.8 Å². The molecule has 1 amide bonds. The van der Waals surface area contributed by atoms with E-state index in [2.05, 4.69) is 5.32 Å². The number of rotatable bonds is 10. The molecule has 3 rings (SSSR count). The predicted octanol–water partition coefficient (Wildman–Crippen LogP) is 1.24. The highest BCUT2D eigenvalue weighted by molar-refractivity contribution is 7.07. The summed E-state index contributed by atoms with van der Waals surface area (Å²) in [6, 6.07) is 14.6. The Bertz CT molecular complexity index is 1500. The molecular weight excluding hydrogens is 494 g/mol. The molecule has 37 heavy (non-hydrogen) atoms. The van der Waals surface area contributed by atoms with Crippen molar-refractivity contribution in [1.82, 2.24) is 4.57 Å². The van der Waals surface area contributed by atoms with Crippen molar-refractivity contribution in [2.75, 3.05) is 19.0 Å². The minimum atomic E-state index is -1.34. The molecule has 10 heteroatoms. The van der Waals surface area contributed by atoms with Gasteiger partial charge in [-0.25, -0.2) is 0 Å². The molecule has 0 unspecified atom stereocenters. The number of nitrogens with zero attached hydrogens (tertiary/aromatic N) is 2. The molecule has 1 aromatic heterocycles. The van der Waals surface area contributed by atoms with Gasteiger partial charge in [0.15, 0.2) is 5.57 Å². The highest BCUT2D eigenvalue weighted by Crippen LogP contribution is 2.20. The highest BCUT2D eigenvalue weighted by atomic mass is 32.1. The Morgan fingerprint density at radius 3 is 2.51 bits per heavy atom. The number of para-hydroxylation sites is 1. The molecule has 0 aliphatic heterocycles. The number of carboxylic acid groups (broad SMARTS) is 1. The van der Waals surface area contributed by atoms with Gasteiger partial charge in [-0.2, -0.15) is 5.26 Å². The lowest BCUT2D eigenvalue weighted by Gasteiger charge is -2.11. The van der Waals surface area contributed by atoms with Gasteiger partial charge in [-0.1, -0.05) is 30.3 Å². The summed E-state index contributed by atoms with van der Waals surface area (Å²) in [6.45, 7) is 4.45. The van der Waals surface area contributed by atoms with E-state index >= 15 is 0 Å². The molecule has 0 fully saturated rings. The zero-order valence-corrected chi connectivity index (χ0v) is 21.5. The lowest BCUT2D eigenvalue weighted by Crippen LogP contribution is -2.34. The fourth-order valence-corrected chi connectivity index (χ4v) is 4.57. The first kappa shape index (κ1) is 27.4. The average Bonchev–Trinajstić information content (AvgIpc) is 3.15. The van der Waals surface area contributed by atoms with Crippen LogP contribution in [0.1, 0.15) is 36.2 Å². The Hall–Kier alpha value is -4.20. The molecule has 0 aliphatic carbocycles. The van der Waals surface area contributed by atoms with Crippen LogP contribution in [0.15, 0.2) is 53.3 Å². The molecule has 1 heterocycles. The number of methoxy groups -OCH3 is 1. The van der Waals surface area contributed by atoms with Gasteiger partial charge in [0.1, 0.15) is 16.5 Å². The van der Waals surface area contributed by atoms with Gasteiger partial charge < -0.3 is 24.7 Å². The van der Waals surface area contributed by atoms with Crippen LogP contribution in [-0.2, 0) is 16.1 Å². The van der Waals surface area contributed by atoms with Crippen molar-refractivity contribution in [3.63, 3.8) is 0 Å². The fraction of sp³-hybridized carbons (Fsp3) is 0.259. The van der Waals surface area contributed by atoms with Crippen LogP contribution >= 0.6 is 11.3 Å². The number of benzene rings is 2. The van der Waals surface area contributed by atoms with Crippen LogP contribution in [0.25, 0.3) is 11.6 Å². The average molecular weight is 521 g/mol. The second kappa shape index (κ2) is 12.7. The number of thiazole rings is 1. The predicted molar refractivity (Wildman–Crippen MR) is 139 cm³/mol. The number of nitrogens with one attached hydrogen (secondary N) is 1. The number of hydrogen-bond donors (Lipinski definition) is 1. The zero-order chi connectivity index (χ0) is 26.9. The molecule has 0 spiro atoms. The number of carbonyl (C=O) groups is 2. The molecule has 0 atom stereocenters. The van der Waals surface area contributed by atoms with Crippen molar-refractivity contribution in [2.45, 2.75) is 32.9 Å². The molecular formula is C27H26N3O6S-. The van der Waals surface area contributed by atoms with Crippen molar-refractivity contribution in [3.05, 3.63) is 79.2 Å². The van der Waals surface area contributed by atoms with Gasteiger partial charge in [0.25, 0.3) is 11.5 Å². The van der Waals surface area contributed by atoms with Gasteiger partial charge in [0.2, 0.25) is 0 Å². The fourth-order valence-electron chi connectivity index (χ4n) is 3.46.